The zero-order chi connectivity index (χ0) is 13.4. The van der Waals surface area contributed by atoms with Gasteiger partial charge in [-0.15, -0.1) is 0 Å². The van der Waals surface area contributed by atoms with Crippen molar-refractivity contribution in [2.75, 3.05) is 13.7 Å². The molecule has 0 aromatic heterocycles. The molecule has 3 nitrogen and oxygen atoms in total. The van der Waals surface area contributed by atoms with Crippen LogP contribution < -0.4 is 10.2 Å². The highest BCUT2D eigenvalue weighted by atomic mass is 16.6. The lowest BCUT2D eigenvalue weighted by Gasteiger charge is -2.14. The number of methoxy groups -OCH3 is 1. The maximum Gasteiger partial charge on any atom is 0.118 e. The second kappa shape index (κ2) is 8.11. The van der Waals surface area contributed by atoms with Crippen molar-refractivity contribution in [2.24, 2.45) is 5.92 Å². The van der Waals surface area contributed by atoms with Crippen LogP contribution in [0.2, 0.25) is 0 Å². The number of ether oxygens (including phenoxy) is 1. The van der Waals surface area contributed by atoms with Gasteiger partial charge in [-0.25, -0.2) is 0 Å². The zero-order valence-electron chi connectivity index (χ0n) is 11.9. The Morgan fingerprint density at radius 1 is 1.11 bits per heavy atom. The van der Waals surface area contributed by atoms with E-state index >= 15 is 0 Å². The summed E-state index contributed by atoms with van der Waals surface area (Å²) < 4.78 is 5.14. The van der Waals surface area contributed by atoms with E-state index in [4.69, 9.17) is 9.57 Å². The van der Waals surface area contributed by atoms with Crippen LogP contribution >= 0.6 is 0 Å². The predicted molar refractivity (Wildman–Crippen MR) is 74.7 cm³/mol. The molecule has 1 rings (SSSR count). The second-order valence-corrected chi connectivity index (χ2v) is 5.11. The maximum atomic E-state index is 5.41. The molecule has 0 aliphatic rings. The summed E-state index contributed by atoms with van der Waals surface area (Å²) in [6.07, 6.45) is 2.10. The topological polar surface area (TPSA) is 30.5 Å². The number of aryl methyl sites for hydroxylation is 1. The van der Waals surface area contributed by atoms with E-state index < -0.39 is 0 Å². The smallest absolute Gasteiger partial charge is 0.118 e. The van der Waals surface area contributed by atoms with E-state index in [1.807, 2.05) is 12.1 Å². The Kier molecular flexibility index (Phi) is 6.76. The Hall–Kier alpha value is -1.06. The van der Waals surface area contributed by atoms with Gasteiger partial charge in [-0.3, -0.25) is 0 Å². The van der Waals surface area contributed by atoms with Crippen LogP contribution in [-0.2, 0) is 11.3 Å². The molecule has 0 heterocycles. The molecule has 0 amide bonds. The Morgan fingerprint density at radius 3 is 2.33 bits per heavy atom. The Bertz CT molecular complexity index is 322. The summed E-state index contributed by atoms with van der Waals surface area (Å²) in [6.45, 7) is 7.18. The van der Waals surface area contributed by atoms with Gasteiger partial charge < -0.3 is 9.57 Å². The molecule has 1 aromatic rings. The largest absolute Gasteiger partial charge is 0.497 e. The molecule has 18 heavy (non-hydrogen) atoms. The molecule has 0 saturated carbocycles. The molecule has 0 radical (unpaired) electrons. The van der Waals surface area contributed by atoms with Gasteiger partial charge in [-0.05, 0) is 43.4 Å². The molecule has 0 fully saturated rings. The molecular weight excluding hydrogens is 226 g/mol. The van der Waals surface area contributed by atoms with Gasteiger partial charge in [-0.2, -0.15) is 5.48 Å². The predicted octanol–water partition coefficient (Wildman–Crippen LogP) is 3.19. The van der Waals surface area contributed by atoms with Crippen LogP contribution in [0.25, 0.3) is 0 Å². The van der Waals surface area contributed by atoms with Crippen molar-refractivity contribution in [1.82, 2.24) is 5.48 Å². The zero-order valence-corrected chi connectivity index (χ0v) is 11.9. The molecule has 1 aromatic carbocycles. The lowest BCUT2D eigenvalue weighted by Crippen LogP contribution is -2.28. The van der Waals surface area contributed by atoms with E-state index in [2.05, 4.69) is 38.4 Å². The fourth-order valence-corrected chi connectivity index (χ4v) is 1.59. The Balaban J connectivity index is 2.22. The highest BCUT2D eigenvalue weighted by molar-refractivity contribution is 5.27. The van der Waals surface area contributed by atoms with Crippen LogP contribution in [0.4, 0.5) is 0 Å². The average Bonchev–Trinajstić information content (AvgIpc) is 2.36. The summed E-state index contributed by atoms with van der Waals surface area (Å²) in [5, 5.41) is 0. The quantitative estimate of drug-likeness (QED) is 0.720. The summed E-state index contributed by atoms with van der Waals surface area (Å²) in [5.41, 5.74) is 4.41. The van der Waals surface area contributed by atoms with Crippen LogP contribution in [0.5, 0.6) is 5.75 Å². The molecule has 0 saturated heterocycles. The van der Waals surface area contributed by atoms with Gasteiger partial charge in [0.2, 0.25) is 0 Å². The normalized spacial score (nSPS) is 12.7. The molecule has 1 unspecified atom stereocenters. The number of hydrogen-bond acceptors (Lipinski definition) is 3. The third-order valence-electron chi connectivity index (χ3n) is 2.73. The standard InChI is InChI=1S/C15H25NO2/c1-12(2)11-18-16-13(3)5-6-14-7-9-15(17-4)10-8-14/h7-10,12-13,16H,5-6,11H2,1-4H3. The van der Waals surface area contributed by atoms with Crippen molar-refractivity contribution in [3.63, 3.8) is 0 Å². The van der Waals surface area contributed by atoms with Gasteiger partial charge in [0.05, 0.1) is 13.7 Å². The first kappa shape index (κ1) is 15.0. The molecule has 102 valence electrons. The number of rotatable bonds is 8. The van der Waals surface area contributed by atoms with Crippen molar-refractivity contribution in [1.29, 1.82) is 0 Å². The number of hydroxylamine groups is 1. The van der Waals surface area contributed by atoms with Gasteiger partial charge in [0.25, 0.3) is 0 Å². The van der Waals surface area contributed by atoms with Gasteiger partial charge in [0, 0.05) is 6.04 Å². The molecule has 0 aliphatic heterocycles. The minimum Gasteiger partial charge on any atom is -0.497 e. The van der Waals surface area contributed by atoms with E-state index in [0.29, 0.717) is 12.0 Å². The Morgan fingerprint density at radius 2 is 1.78 bits per heavy atom. The van der Waals surface area contributed by atoms with Crippen LogP contribution in [-0.4, -0.2) is 19.8 Å². The van der Waals surface area contributed by atoms with Crippen molar-refractivity contribution < 1.29 is 9.57 Å². The molecule has 0 bridgehead atoms. The van der Waals surface area contributed by atoms with E-state index in [0.717, 1.165) is 25.2 Å². The van der Waals surface area contributed by atoms with Crippen LogP contribution in [0.3, 0.4) is 0 Å². The van der Waals surface area contributed by atoms with Crippen molar-refractivity contribution >= 4 is 0 Å². The molecular formula is C15H25NO2. The molecule has 0 spiro atoms. The highest BCUT2D eigenvalue weighted by Crippen LogP contribution is 2.13. The molecule has 3 heteroatoms. The first-order valence-electron chi connectivity index (χ1n) is 6.62. The Labute approximate surface area is 110 Å². The molecule has 0 aliphatic carbocycles. The molecule has 1 N–H and O–H groups in total. The van der Waals surface area contributed by atoms with E-state index in [-0.39, 0.29) is 0 Å². The van der Waals surface area contributed by atoms with Gasteiger partial charge in [0.1, 0.15) is 5.75 Å². The third kappa shape index (κ3) is 6.03. The highest BCUT2D eigenvalue weighted by Gasteiger charge is 2.03. The summed E-state index contributed by atoms with van der Waals surface area (Å²) in [5.74, 6) is 1.47. The second-order valence-electron chi connectivity index (χ2n) is 5.11. The maximum absolute atomic E-state index is 5.41. The van der Waals surface area contributed by atoms with Crippen LogP contribution in [0, 0.1) is 5.92 Å². The molecule has 1 atom stereocenters. The van der Waals surface area contributed by atoms with Crippen molar-refractivity contribution in [3.8, 4) is 5.75 Å². The number of nitrogens with one attached hydrogen (secondary N) is 1. The number of benzene rings is 1. The van der Waals surface area contributed by atoms with Gasteiger partial charge in [0.15, 0.2) is 0 Å². The van der Waals surface area contributed by atoms with E-state index in [1.54, 1.807) is 7.11 Å². The average molecular weight is 251 g/mol. The minimum absolute atomic E-state index is 0.367. The van der Waals surface area contributed by atoms with Crippen molar-refractivity contribution in [3.05, 3.63) is 29.8 Å². The summed E-state index contributed by atoms with van der Waals surface area (Å²) >= 11 is 0. The summed E-state index contributed by atoms with van der Waals surface area (Å²) in [7, 11) is 1.69. The lowest BCUT2D eigenvalue weighted by molar-refractivity contribution is 0.00308. The first-order chi connectivity index (χ1) is 8.61. The van der Waals surface area contributed by atoms with Crippen molar-refractivity contribution in [2.45, 2.75) is 39.7 Å². The number of hydrogen-bond donors (Lipinski definition) is 1. The SMILES string of the molecule is COc1ccc(CCC(C)NOCC(C)C)cc1. The van der Waals surface area contributed by atoms with Gasteiger partial charge >= 0.3 is 0 Å². The first-order valence-corrected chi connectivity index (χ1v) is 6.62. The van der Waals surface area contributed by atoms with Gasteiger partial charge in [-0.1, -0.05) is 26.0 Å². The summed E-state index contributed by atoms with van der Waals surface area (Å²) in [4.78, 5) is 5.41. The fourth-order valence-electron chi connectivity index (χ4n) is 1.59. The minimum atomic E-state index is 0.367. The van der Waals surface area contributed by atoms with E-state index in [9.17, 15) is 0 Å². The fraction of sp³-hybridized carbons (Fsp3) is 0.600. The third-order valence-corrected chi connectivity index (χ3v) is 2.73. The van der Waals surface area contributed by atoms with Crippen LogP contribution in [0.1, 0.15) is 32.8 Å². The lowest BCUT2D eigenvalue weighted by atomic mass is 10.1. The van der Waals surface area contributed by atoms with E-state index in [1.165, 1.54) is 5.56 Å². The monoisotopic (exact) mass is 251 g/mol. The van der Waals surface area contributed by atoms with Crippen LogP contribution in [0.15, 0.2) is 24.3 Å². The summed E-state index contributed by atoms with van der Waals surface area (Å²) in [6, 6.07) is 8.60.